The molecule has 0 unspecified atom stereocenters. The molecule has 27 heavy (non-hydrogen) atoms. The number of carbonyl (C=O) groups excluding carboxylic acids is 1. The lowest BCUT2D eigenvalue weighted by atomic mass is 9.86. The summed E-state index contributed by atoms with van der Waals surface area (Å²) in [6.45, 7) is 6.52. The van der Waals surface area contributed by atoms with E-state index in [1.807, 2.05) is 19.1 Å². The van der Waals surface area contributed by atoms with E-state index < -0.39 is 0 Å². The second-order valence-electron chi connectivity index (χ2n) is 6.93. The number of allylic oxidation sites excluding steroid dienone is 4. The lowest BCUT2D eigenvalue weighted by molar-refractivity contribution is 0.0922. The molecule has 0 radical (unpaired) electrons. The average molecular weight is 408 g/mol. The van der Waals surface area contributed by atoms with Crippen LogP contribution in [0.1, 0.15) is 43.0 Å². The van der Waals surface area contributed by atoms with Gasteiger partial charge in [-0.1, -0.05) is 47.5 Å². The molecule has 0 saturated heterocycles. The Labute approximate surface area is 171 Å². The van der Waals surface area contributed by atoms with Crippen LogP contribution in [-0.4, -0.2) is 18.5 Å². The maximum absolute atomic E-state index is 12.4. The summed E-state index contributed by atoms with van der Waals surface area (Å²) >= 11 is 12.1. The number of halogens is 2. The van der Waals surface area contributed by atoms with Crippen molar-refractivity contribution in [3.8, 4) is 0 Å². The van der Waals surface area contributed by atoms with Crippen LogP contribution in [0.5, 0.6) is 0 Å². The standard InChI is InChI=1S/C21H27Cl2N3O/c1-3-14(2)4-11-20(24)25-13-15-5-8-17(9-6-15)26-21(27)18-12-16(22)7-10-19(18)23/h3-4,7,10-12,15,17,25H,1,5-6,8-9,13,24H2,2H3,(H,26,27)/b14-4-,20-11+/t15-,17-. The van der Waals surface area contributed by atoms with Gasteiger partial charge in [-0.05, 0) is 62.8 Å². The molecule has 0 heterocycles. The Morgan fingerprint density at radius 1 is 1.26 bits per heavy atom. The van der Waals surface area contributed by atoms with Gasteiger partial charge in [-0.15, -0.1) is 0 Å². The van der Waals surface area contributed by atoms with E-state index in [1.54, 1.807) is 24.3 Å². The van der Waals surface area contributed by atoms with Gasteiger partial charge in [-0.25, -0.2) is 0 Å². The van der Waals surface area contributed by atoms with Crippen molar-refractivity contribution in [3.05, 3.63) is 70.0 Å². The summed E-state index contributed by atoms with van der Waals surface area (Å²) in [7, 11) is 0. The topological polar surface area (TPSA) is 67.2 Å². The number of carbonyl (C=O) groups is 1. The molecule has 1 saturated carbocycles. The normalized spacial score (nSPS) is 20.9. The first-order valence-electron chi connectivity index (χ1n) is 9.15. The zero-order chi connectivity index (χ0) is 19.8. The van der Waals surface area contributed by atoms with E-state index in [9.17, 15) is 4.79 Å². The molecule has 1 aliphatic carbocycles. The summed E-state index contributed by atoms with van der Waals surface area (Å²) in [5.74, 6) is 1.03. The molecule has 1 fully saturated rings. The fourth-order valence-corrected chi connectivity index (χ4v) is 3.43. The number of nitrogens with two attached hydrogens (primary N) is 1. The van der Waals surface area contributed by atoms with E-state index in [0.717, 1.165) is 37.8 Å². The van der Waals surface area contributed by atoms with E-state index in [2.05, 4.69) is 17.2 Å². The van der Waals surface area contributed by atoms with E-state index >= 15 is 0 Å². The number of hydrogen-bond donors (Lipinski definition) is 3. The van der Waals surface area contributed by atoms with Gasteiger partial charge in [0.15, 0.2) is 0 Å². The van der Waals surface area contributed by atoms with Gasteiger partial charge >= 0.3 is 0 Å². The Morgan fingerprint density at radius 3 is 2.63 bits per heavy atom. The van der Waals surface area contributed by atoms with Crippen molar-refractivity contribution in [1.82, 2.24) is 10.6 Å². The predicted molar refractivity (Wildman–Crippen MR) is 114 cm³/mol. The summed E-state index contributed by atoms with van der Waals surface area (Å²) in [4.78, 5) is 12.4. The SMILES string of the molecule is C=C/C(C)=C\C=C(/N)NC[C@H]1CC[C@H](NC(=O)c2cc(Cl)ccc2Cl)CC1. The van der Waals surface area contributed by atoms with E-state index in [-0.39, 0.29) is 11.9 Å². The lowest BCUT2D eigenvalue weighted by Gasteiger charge is -2.29. The monoisotopic (exact) mass is 407 g/mol. The van der Waals surface area contributed by atoms with Crippen LogP contribution in [0.4, 0.5) is 0 Å². The molecule has 0 aliphatic heterocycles. The Hall–Kier alpha value is -1.91. The molecule has 0 bridgehead atoms. The van der Waals surface area contributed by atoms with Gasteiger partial charge in [0, 0.05) is 17.6 Å². The van der Waals surface area contributed by atoms with Gasteiger partial charge in [0.1, 0.15) is 0 Å². The zero-order valence-corrected chi connectivity index (χ0v) is 17.1. The second-order valence-corrected chi connectivity index (χ2v) is 7.78. The minimum atomic E-state index is -0.166. The molecule has 0 aromatic heterocycles. The molecular formula is C21H27Cl2N3O. The van der Waals surface area contributed by atoms with E-state index in [4.69, 9.17) is 28.9 Å². The van der Waals surface area contributed by atoms with Crippen molar-refractivity contribution in [2.45, 2.75) is 38.6 Å². The third kappa shape index (κ3) is 6.96. The summed E-state index contributed by atoms with van der Waals surface area (Å²) < 4.78 is 0. The first kappa shape index (κ1) is 21.4. The number of hydrogen-bond acceptors (Lipinski definition) is 3. The van der Waals surface area contributed by atoms with Crippen molar-refractivity contribution in [2.24, 2.45) is 11.7 Å². The summed E-state index contributed by atoms with van der Waals surface area (Å²) in [5.41, 5.74) is 7.46. The third-order valence-electron chi connectivity index (χ3n) is 4.80. The zero-order valence-electron chi connectivity index (χ0n) is 15.6. The quantitative estimate of drug-likeness (QED) is 0.568. The maximum atomic E-state index is 12.4. The molecule has 1 aromatic rings. The van der Waals surface area contributed by atoms with Crippen LogP contribution < -0.4 is 16.4 Å². The molecule has 1 amide bonds. The number of amides is 1. The fraction of sp³-hybridized carbons (Fsp3) is 0.381. The van der Waals surface area contributed by atoms with Crippen molar-refractivity contribution in [2.75, 3.05) is 6.54 Å². The molecule has 4 N–H and O–H groups in total. The van der Waals surface area contributed by atoms with Gasteiger partial charge in [0.25, 0.3) is 5.91 Å². The predicted octanol–water partition coefficient (Wildman–Crippen LogP) is 4.80. The second kappa shape index (κ2) is 10.4. The van der Waals surface area contributed by atoms with Crippen LogP contribution in [0.15, 0.2) is 54.4 Å². The van der Waals surface area contributed by atoms with Crippen molar-refractivity contribution in [1.29, 1.82) is 0 Å². The highest BCUT2D eigenvalue weighted by atomic mass is 35.5. The maximum Gasteiger partial charge on any atom is 0.253 e. The number of nitrogens with one attached hydrogen (secondary N) is 2. The van der Waals surface area contributed by atoms with Gasteiger partial charge in [0.05, 0.1) is 16.4 Å². The van der Waals surface area contributed by atoms with Gasteiger partial charge in [-0.2, -0.15) is 0 Å². The molecule has 4 nitrogen and oxygen atoms in total. The molecule has 1 aromatic carbocycles. The van der Waals surface area contributed by atoms with E-state index in [0.29, 0.717) is 27.3 Å². The summed E-state index contributed by atoms with van der Waals surface area (Å²) in [5, 5.41) is 7.26. The van der Waals surface area contributed by atoms with Crippen LogP contribution in [0.2, 0.25) is 10.0 Å². The largest absolute Gasteiger partial charge is 0.386 e. The average Bonchev–Trinajstić information content (AvgIpc) is 2.67. The molecular weight excluding hydrogens is 381 g/mol. The molecule has 146 valence electrons. The molecule has 2 rings (SSSR count). The van der Waals surface area contributed by atoms with Gasteiger partial charge < -0.3 is 16.4 Å². The Balaban J connectivity index is 1.77. The molecule has 1 aliphatic rings. The van der Waals surface area contributed by atoms with Crippen LogP contribution in [-0.2, 0) is 0 Å². The molecule has 0 spiro atoms. The van der Waals surface area contributed by atoms with Crippen molar-refractivity contribution < 1.29 is 4.79 Å². The minimum absolute atomic E-state index is 0.162. The fourth-order valence-electron chi connectivity index (χ4n) is 3.06. The summed E-state index contributed by atoms with van der Waals surface area (Å²) in [6.07, 6.45) is 9.53. The Kier molecular flexibility index (Phi) is 8.26. The van der Waals surface area contributed by atoms with Crippen molar-refractivity contribution >= 4 is 29.1 Å². The highest BCUT2D eigenvalue weighted by molar-refractivity contribution is 6.35. The first-order chi connectivity index (χ1) is 12.9. The third-order valence-corrected chi connectivity index (χ3v) is 5.36. The smallest absolute Gasteiger partial charge is 0.253 e. The van der Waals surface area contributed by atoms with Crippen LogP contribution in [0, 0.1) is 5.92 Å². The van der Waals surface area contributed by atoms with Gasteiger partial charge in [0.2, 0.25) is 0 Å². The molecule has 0 atom stereocenters. The number of rotatable bonds is 7. The highest BCUT2D eigenvalue weighted by Crippen LogP contribution is 2.25. The lowest BCUT2D eigenvalue weighted by Crippen LogP contribution is -2.39. The summed E-state index contributed by atoms with van der Waals surface area (Å²) in [6, 6.07) is 5.08. The van der Waals surface area contributed by atoms with Crippen molar-refractivity contribution in [3.63, 3.8) is 0 Å². The van der Waals surface area contributed by atoms with Crippen LogP contribution in [0.25, 0.3) is 0 Å². The Bertz CT molecular complexity index is 735. The minimum Gasteiger partial charge on any atom is -0.386 e. The van der Waals surface area contributed by atoms with Crippen LogP contribution >= 0.6 is 23.2 Å². The Morgan fingerprint density at radius 2 is 1.96 bits per heavy atom. The van der Waals surface area contributed by atoms with Crippen LogP contribution in [0.3, 0.4) is 0 Å². The number of benzene rings is 1. The van der Waals surface area contributed by atoms with E-state index in [1.165, 1.54) is 0 Å². The van der Waals surface area contributed by atoms with Gasteiger partial charge in [-0.3, -0.25) is 4.79 Å². The highest BCUT2D eigenvalue weighted by Gasteiger charge is 2.23. The molecule has 6 heteroatoms. The first-order valence-corrected chi connectivity index (χ1v) is 9.91.